The molecule has 0 radical (unpaired) electrons. The van der Waals surface area contributed by atoms with Crippen molar-refractivity contribution in [3.05, 3.63) is 30.3 Å². The van der Waals surface area contributed by atoms with Crippen LogP contribution < -0.4 is 9.62 Å². The Morgan fingerprint density at radius 3 is 2.50 bits per heavy atom. The highest BCUT2D eigenvalue weighted by Gasteiger charge is 2.25. The van der Waals surface area contributed by atoms with Crippen molar-refractivity contribution >= 4 is 26.7 Å². The zero-order valence-corrected chi connectivity index (χ0v) is 14.8. The molecule has 0 saturated heterocycles. The van der Waals surface area contributed by atoms with Gasteiger partial charge in [-0.3, -0.25) is 0 Å². The number of nitrogens with one attached hydrogen (secondary N) is 1. The van der Waals surface area contributed by atoms with Crippen LogP contribution >= 0.6 is 0 Å². The fourth-order valence-corrected chi connectivity index (χ4v) is 4.33. The number of anilines is 1. The van der Waals surface area contributed by atoms with Crippen LogP contribution in [0, 0.1) is 0 Å². The van der Waals surface area contributed by atoms with Gasteiger partial charge in [0.05, 0.1) is 16.5 Å². The maximum atomic E-state index is 12.6. The SMILES string of the molecule is CN(C)c1ccc2cc(S(=O)(=O)N[C@H]3CC[C@H](O)CC3)ccc2n1. The van der Waals surface area contributed by atoms with Crippen LogP contribution in [0.15, 0.2) is 35.2 Å². The molecule has 0 aliphatic heterocycles. The minimum absolute atomic E-state index is 0.108. The monoisotopic (exact) mass is 349 g/mol. The molecule has 24 heavy (non-hydrogen) atoms. The Balaban J connectivity index is 1.84. The lowest BCUT2D eigenvalue weighted by Crippen LogP contribution is -2.38. The van der Waals surface area contributed by atoms with Gasteiger partial charge in [0.15, 0.2) is 0 Å². The molecule has 0 spiro atoms. The van der Waals surface area contributed by atoms with Crippen molar-refractivity contribution in [2.75, 3.05) is 19.0 Å². The predicted molar refractivity (Wildman–Crippen MR) is 94.7 cm³/mol. The number of aliphatic hydroxyl groups is 1. The molecular weight excluding hydrogens is 326 g/mol. The maximum absolute atomic E-state index is 12.6. The van der Waals surface area contributed by atoms with Crippen molar-refractivity contribution in [3.63, 3.8) is 0 Å². The van der Waals surface area contributed by atoms with E-state index >= 15 is 0 Å². The fourth-order valence-electron chi connectivity index (χ4n) is 2.99. The van der Waals surface area contributed by atoms with E-state index in [4.69, 9.17) is 0 Å². The second-order valence-corrected chi connectivity index (χ2v) is 8.26. The summed E-state index contributed by atoms with van der Waals surface area (Å²) in [5, 5.41) is 10.3. The molecule has 1 heterocycles. The molecule has 1 aromatic heterocycles. The van der Waals surface area contributed by atoms with E-state index in [0.717, 1.165) is 16.7 Å². The summed E-state index contributed by atoms with van der Waals surface area (Å²) >= 11 is 0. The highest BCUT2D eigenvalue weighted by Crippen LogP contribution is 2.23. The van der Waals surface area contributed by atoms with Gasteiger partial charge < -0.3 is 10.0 Å². The molecule has 2 aromatic rings. The number of benzene rings is 1. The van der Waals surface area contributed by atoms with E-state index < -0.39 is 10.0 Å². The molecule has 0 bridgehead atoms. The molecule has 2 N–H and O–H groups in total. The van der Waals surface area contributed by atoms with E-state index in [9.17, 15) is 13.5 Å². The lowest BCUT2D eigenvalue weighted by atomic mass is 9.94. The first kappa shape index (κ1) is 17.1. The van der Waals surface area contributed by atoms with Gasteiger partial charge in [-0.05, 0) is 56.0 Å². The Morgan fingerprint density at radius 2 is 1.83 bits per heavy atom. The number of hydrogen-bond acceptors (Lipinski definition) is 5. The molecule has 7 heteroatoms. The molecule has 1 saturated carbocycles. The number of rotatable bonds is 4. The zero-order chi connectivity index (χ0) is 17.3. The molecule has 130 valence electrons. The van der Waals surface area contributed by atoms with Gasteiger partial charge in [0.1, 0.15) is 5.82 Å². The van der Waals surface area contributed by atoms with Crippen LogP contribution in [0.4, 0.5) is 5.82 Å². The minimum Gasteiger partial charge on any atom is -0.393 e. The molecule has 3 rings (SSSR count). The summed E-state index contributed by atoms with van der Waals surface area (Å²) in [6, 6.07) is 8.63. The molecule has 0 unspecified atom stereocenters. The van der Waals surface area contributed by atoms with Crippen molar-refractivity contribution in [1.82, 2.24) is 9.71 Å². The van der Waals surface area contributed by atoms with Gasteiger partial charge in [-0.1, -0.05) is 0 Å². The summed E-state index contributed by atoms with van der Waals surface area (Å²) in [4.78, 5) is 6.66. The molecule has 1 aliphatic carbocycles. The third-order valence-electron chi connectivity index (χ3n) is 4.43. The number of nitrogens with zero attached hydrogens (tertiary/aromatic N) is 2. The van der Waals surface area contributed by atoms with Crippen LogP contribution in [0.25, 0.3) is 10.9 Å². The Morgan fingerprint density at radius 1 is 1.12 bits per heavy atom. The zero-order valence-electron chi connectivity index (χ0n) is 13.9. The van der Waals surface area contributed by atoms with Crippen LogP contribution in [0.2, 0.25) is 0 Å². The Kier molecular flexibility index (Phi) is 4.76. The average molecular weight is 349 g/mol. The van der Waals surface area contributed by atoms with E-state index in [-0.39, 0.29) is 17.0 Å². The first-order valence-electron chi connectivity index (χ1n) is 8.14. The van der Waals surface area contributed by atoms with Gasteiger partial charge >= 0.3 is 0 Å². The van der Waals surface area contributed by atoms with Crippen molar-refractivity contribution in [2.24, 2.45) is 0 Å². The summed E-state index contributed by atoms with van der Waals surface area (Å²) in [7, 11) is 0.264. The summed E-state index contributed by atoms with van der Waals surface area (Å²) < 4.78 is 28.0. The minimum atomic E-state index is -3.57. The Bertz CT molecular complexity index is 828. The quantitative estimate of drug-likeness (QED) is 0.881. The van der Waals surface area contributed by atoms with Crippen molar-refractivity contribution in [2.45, 2.75) is 42.7 Å². The molecule has 0 amide bonds. The molecule has 0 atom stereocenters. The standard InChI is InChI=1S/C17H23N3O3S/c1-20(2)17-10-3-12-11-15(8-9-16(12)18-17)24(22,23)19-13-4-6-14(21)7-5-13/h3,8-11,13-14,19,21H,4-7H2,1-2H3/t13-,14-. The number of hydrogen-bond donors (Lipinski definition) is 2. The number of sulfonamides is 1. The van der Waals surface area contributed by atoms with Gasteiger partial charge in [0.2, 0.25) is 10.0 Å². The highest BCUT2D eigenvalue weighted by molar-refractivity contribution is 7.89. The molecule has 1 aromatic carbocycles. The van der Waals surface area contributed by atoms with Crippen LogP contribution in [0.5, 0.6) is 0 Å². The van der Waals surface area contributed by atoms with E-state index in [0.29, 0.717) is 25.7 Å². The molecular formula is C17H23N3O3S. The van der Waals surface area contributed by atoms with Gasteiger partial charge in [0.25, 0.3) is 0 Å². The van der Waals surface area contributed by atoms with Crippen LogP contribution in [-0.4, -0.2) is 44.7 Å². The molecule has 6 nitrogen and oxygen atoms in total. The fraction of sp³-hybridized carbons (Fsp3) is 0.471. The second kappa shape index (κ2) is 6.66. The first-order chi connectivity index (χ1) is 11.3. The summed E-state index contributed by atoms with van der Waals surface area (Å²) in [5.41, 5.74) is 0.765. The van der Waals surface area contributed by atoms with Crippen molar-refractivity contribution < 1.29 is 13.5 Å². The summed E-state index contributed by atoms with van der Waals surface area (Å²) in [5.74, 6) is 0.831. The summed E-state index contributed by atoms with van der Waals surface area (Å²) in [6.45, 7) is 0. The predicted octanol–water partition coefficient (Wildman–Crippen LogP) is 1.88. The van der Waals surface area contributed by atoms with E-state index in [1.54, 1.807) is 18.2 Å². The first-order valence-corrected chi connectivity index (χ1v) is 9.62. The average Bonchev–Trinajstić information content (AvgIpc) is 2.55. The largest absolute Gasteiger partial charge is 0.393 e. The maximum Gasteiger partial charge on any atom is 0.240 e. The number of pyridine rings is 1. The van der Waals surface area contributed by atoms with Gasteiger partial charge in [-0.25, -0.2) is 18.1 Å². The van der Waals surface area contributed by atoms with Crippen LogP contribution in [0.3, 0.4) is 0 Å². The molecule has 1 aliphatic rings. The lowest BCUT2D eigenvalue weighted by Gasteiger charge is -2.26. The number of aromatic nitrogens is 1. The number of aliphatic hydroxyl groups excluding tert-OH is 1. The van der Waals surface area contributed by atoms with Gasteiger partial charge in [0, 0.05) is 25.5 Å². The topological polar surface area (TPSA) is 82.5 Å². The lowest BCUT2D eigenvalue weighted by molar-refractivity contribution is 0.120. The van der Waals surface area contributed by atoms with Gasteiger partial charge in [-0.15, -0.1) is 0 Å². The van der Waals surface area contributed by atoms with Crippen LogP contribution in [-0.2, 0) is 10.0 Å². The normalized spacial score (nSPS) is 21.8. The Hall–Kier alpha value is -1.70. The third kappa shape index (κ3) is 3.68. The van der Waals surface area contributed by atoms with E-state index in [1.807, 2.05) is 31.1 Å². The Labute approximate surface area is 142 Å². The van der Waals surface area contributed by atoms with Crippen molar-refractivity contribution in [1.29, 1.82) is 0 Å². The van der Waals surface area contributed by atoms with Gasteiger partial charge in [-0.2, -0.15) is 0 Å². The van der Waals surface area contributed by atoms with E-state index in [1.165, 1.54) is 0 Å². The molecule has 1 fully saturated rings. The van der Waals surface area contributed by atoms with E-state index in [2.05, 4.69) is 9.71 Å². The number of fused-ring (bicyclic) bond motifs is 1. The van der Waals surface area contributed by atoms with Crippen LogP contribution in [0.1, 0.15) is 25.7 Å². The summed E-state index contributed by atoms with van der Waals surface area (Å²) in [6.07, 6.45) is 2.32. The van der Waals surface area contributed by atoms with Crippen molar-refractivity contribution in [3.8, 4) is 0 Å². The smallest absolute Gasteiger partial charge is 0.240 e. The second-order valence-electron chi connectivity index (χ2n) is 6.55. The third-order valence-corrected chi connectivity index (χ3v) is 5.95. The highest BCUT2D eigenvalue weighted by atomic mass is 32.2.